The van der Waals surface area contributed by atoms with Gasteiger partial charge in [-0.05, 0) is 24.8 Å². The second-order valence-corrected chi connectivity index (χ2v) is 4.40. The molecule has 0 aromatic carbocycles. The first kappa shape index (κ1) is 12.8. The second kappa shape index (κ2) is 6.36. The van der Waals surface area contributed by atoms with Crippen molar-refractivity contribution >= 4 is 5.82 Å². The van der Waals surface area contributed by atoms with Crippen molar-refractivity contribution in [3.05, 3.63) is 18.2 Å². The van der Waals surface area contributed by atoms with E-state index in [0.717, 1.165) is 12.4 Å². The lowest BCUT2D eigenvalue weighted by Crippen LogP contribution is -2.16. The molecule has 16 heavy (non-hydrogen) atoms. The van der Waals surface area contributed by atoms with Crippen LogP contribution >= 0.6 is 0 Å². The Balaban J connectivity index is 2.50. The van der Waals surface area contributed by atoms with Gasteiger partial charge in [-0.15, -0.1) is 0 Å². The summed E-state index contributed by atoms with van der Waals surface area (Å²) in [6.45, 7) is 10.3. The fraction of sp³-hybridized carbons (Fsp3) is 0.615. The maximum Gasteiger partial charge on any atom is 0.215 e. The lowest BCUT2D eigenvalue weighted by atomic mass is 9.98. The number of hydrogen-bond donors (Lipinski definition) is 1. The third kappa shape index (κ3) is 4.09. The van der Waals surface area contributed by atoms with E-state index in [1.807, 2.05) is 25.1 Å². The lowest BCUT2D eigenvalue weighted by molar-refractivity contribution is 0.327. The van der Waals surface area contributed by atoms with Crippen molar-refractivity contribution in [1.82, 2.24) is 4.98 Å². The average molecular weight is 222 g/mol. The monoisotopic (exact) mass is 222 g/mol. The first-order valence-corrected chi connectivity index (χ1v) is 5.97. The fourth-order valence-electron chi connectivity index (χ4n) is 1.24. The molecule has 0 saturated heterocycles. The van der Waals surface area contributed by atoms with Gasteiger partial charge in [0.25, 0.3) is 0 Å². The zero-order chi connectivity index (χ0) is 12.0. The molecule has 1 unspecified atom stereocenters. The van der Waals surface area contributed by atoms with E-state index in [1.54, 1.807) is 0 Å². The van der Waals surface area contributed by atoms with Gasteiger partial charge in [-0.1, -0.05) is 26.8 Å². The van der Waals surface area contributed by atoms with Gasteiger partial charge in [-0.25, -0.2) is 0 Å². The first-order chi connectivity index (χ1) is 7.63. The number of nitrogens with one attached hydrogen (secondary N) is 1. The van der Waals surface area contributed by atoms with Gasteiger partial charge in [0.1, 0.15) is 5.82 Å². The van der Waals surface area contributed by atoms with E-state index in [4.69, 9.17) is 4.74 Å². The van der Waals surface area contributed by atoms with Crippen LogP contribution in [0.3, 0.4) is 0 Å². The Morgan fingerprint density at radius 3 is 2.69 bits per heavy atom. The highest BCUT2D eigenvalue weighted by molar-refractivity contribution is 5.36. The zero-order valence-corrected chi connectivity index (χ0v) is 10.7. The summed E-state index contributed by atoms with van der Waals surface area (Å²) in [5, 5.41) is 3.33. The van der Waals surface area contributed by atoms with E-state index in [1.165, 1.54) is 0 Å². The Kier molecular flexibility index (Phi) is 5.09. The van der Waals surface area contributed by atoms with Gasteiger partial charge in [0.05, 0.1) is 6.61 Å². The van der Waals surface area contributed by atoms with Crippen LogP contribution in [-0.4, -0.2) is 18.1 Å². The summed E-state index contributed by atoms with van der Waals surface area (Å²) in [6, 6.07) is 5.80. The normalized spacial score (nSPS) is 12.6. The van der Waals surface area contributed by atoms with Crippen molar-refractivity contribution in [2.45, 2.75) is 27.7 Å². The molecule has 1 heterocycles. The molecule has 0 spiro atoms. The van der Waals surface area contributed by atoms with Gasteiger partial charge in [0, 0.05) is 12.6 Å². The van der Waals surface area contributed by atoms with Gasteiger partial charge in [0.2, 0.25) is 5.88 Å². The number of anilines is 1. The van der Waals surface area contributed by atoms with E-state index < -0.39 is 0 Å². The van der Waals surface area contributed by atoms with Crippen molar-refractivity contribution in [3.63, 3.8) is 0 Å². The van der Waals surface area contributed by atoms with Crippen molar-refractivity contribution in [1.29, 1.82) is 0 Å². The van der Waals surface area contributed by atoms with Crippen LogP contribution in [0, 0.1) is 11.8 Å². The Bertz CT molecular complexity index is 313. The predicted molar refractivity (Wildman–Crippen MR) is 67.9 cm³/mol. The minimum Gasteiger partial charge on any atom is -0.478 e. The summed E-state index contributed by atoms with van der Waals surface area (Å²) in [6.07, 6.45) is 0. The molecule has 0 aliphatic rings. The quantitative estimate of drug-likeness (QED) is 0.802. The third-order valence-corrected chi connectivity index (χ3v) is 2.76. The van der Waals surface area contributed by atoms with E-state index in [9.17, 15) is 0 Å². The molecule has 3 heteroatoms. The molecule has 1 atom stereocenters. The highest BCUT2D eigenvalue weighted by Crippen LogP contribution is 2.14. The molecule has 1 N–H and O–H groups in total. The molecular weight excluding hydrogens is 200 g/mol. The molecular formula is C13H22N2O. The van der Waals surface area contributed by atoms with Crippen LogP contribution in [0.15, 0.2) is 18.2 Å². The molecule has 90 valence electrons. The van der Waals surface area contributed by atoms with E-state index in [0.29, 0.717) is 24.3 Å². The molecule has 0 radical (unpaired) electrons. The fourth-order valence-corrected chi connectivity index (χ4v) is 1.24. The summed E-state index contributed by atoms with van der Waals surface area (Å²) in [5.74, 6) is 2.89. The average Bonchev–Trinajstić information content (AvgIpc) is 2.26. The van der Waals surface area contributed by atoms with Gasteiger partial charge in [0.15, 0.2) is 0 Å². The number of hydrogen-bond acceptors (Lipinski definition) is 3. The summed E-state index contributed by atoms with van der Waals surface area (Å²) < 4.78 is 5.35. The highest BCUT2D eigenvalue weighted by atomic mass is 16.5. The molecule has 0 fully saturated rings. The van der Waals surface area contributed by atoms with Crippen LogP contribution in [0.2, 0.25) is 0 Å². The Labute approximate surface area is 98.2 Å². The number of ether oxygens (including phenoxy) is 1. The van der Waals surface area contributed by atoms with Crippen LogP contribution < -0.4 is 10.1 Å². The molecule has 1 rings (SSSR count). The summed E-state index contributed by atoms with van der Waals surface area (Å²) in [7, 11) is 0. The summed E-state index contributed by atoms with van der Waals surface area (Å²) in [5.41, 5.74) is 0. The van der Waals surface area contributed by atoms with E-state index in [-0.39, 0.29) is 0 Å². The lowest BCUT2D eigenvalue weighted by Gasteiger charge is -2.16. The Morgan fingerprint density at radius 1 is 1.31 bits per heavy atom. The van der Waals surface area contributed by atoms with Crippen molar-refractivity contribution < 1.29 is 4.74 Å². The summed E-state index contributed by atoms with van der Waals surface area (Å²) in [4.78, 5) is 4.36. The third-order valence-electron chi connectivity index (χ3n) is 2.76. The highest BCUT2D eigenvalue weighted by Gasteiger charge is 2.06. The van der Waals surface area contributed by atoms with Crippen LogP contribution in [0.5, 0.6) is 5.88 Å². The largest absolute Gasteiger partial charge is 0.478 e. The van der Waals surface area contributed by atoms with Crippen LogP contribution in [0.4, 0.5) is 5.82 Å². The number of pyridine rings is 1. The smallest absolute Gasteiger partial charge is 0.215 e. The van der Waals surface area contributed by atoms with Gasteiger partial charge in [-0.3, -0.25) is 0 Å². The molecule has 0 amide bonds. The SMILES string of the molecule is CCOc1cccc(NCC(C)C(C)C)n1. The topological polar surface area (TPSA) is 34.1 Å². The maximum absolute atomic E-state index is 5.35. The van der Waals surface area contributed by atoms with E-state index in [2.05, 4.69) is 31.1 Å². The molecule has 0 saturated carbocycles. The number of nitrogens with zero attached hydrogens (tertiary/aromatic N) is 1. The van der Waals surface area contributed by atoms with Crippen molar-refractivity contribution in [2.75, 3.05) is 18.5 Å². The Morgan fingerprint density at radius 2 is 2.06 bits per heavy atom. The van der Waals surface area contributed by atoms with Crippen molar-refractivity contribution in [3.8, 4) is 5.88 Å². The first-order valence-electron chi connectivity index (χ1n) is 5.97. The number of aromatic nitrogens is 1. The molecule has 0 aliphatic heterocycles. The standard InChI is InChI=1S/C13H22N2O/c1-5-16-13-8-6-7-12(15-13)14-9-11(4)10(2)3/h6-8,10-11H,5,9H2,1-4H3,(H,14,15). The van der Waals surface area contributed by atoms with Crippen LogP contribution in [0.1, 0.15) is 27.7 Å². The summed E-state index contributed by atoms with van der Waals surface area (Å²) >= 11 is 0. The second-order valence-electron chi connectivity index (χ2n) is 4.40. The molecule has 1 aromatic heterocycles. The number of rotatable bonds is 6. The molecule has 0 bridgehead atoms. The minimum absolute atomic E-state index is 0.637. The maximum atomic E-state index is 5.35. The van der Waals surface area contributed by atoms with Gasteiger partial charge < -0.3 is 10.1 Å². The van der Waals surface area contributed by atoms with Crippen molar-refractivity contribution in [2.24, 2.45) is 11.8 Å². The molecule has 0 aliphatic carbocycles. The molecule has 3 nitrogen and oxygen atoms in total. The minimum atomic E-state index is 0.637. The van der Waals surface area contributed by atoms with E-state index >= 15 is 0 Å². The zero-order valence-electron chi connectivity index (χ0n) is 10.7. The van der Waals surface area contributed by atoms with Crippen LogP contribution in [-0.2, 0) is 0 Å². The van der Waals surface area contributed by atoms with Crippen LogP contribution in [0.25, 0.3) is 0 Å². The van der Waals surface area contributed by atoms with Gasteiger partial charge >= 0.3 is 0 Å². The Hall–Kier alpha value is -1.25. The predicted octanol–water partition coefficient (Wildman–Crippen LogP) is 3.18. The molecule has 1 aromatic rings. The van der Waals surface area contributed by atoms with Gasteiger partial charge in [-0.2, -0.15) is 4.98 Å².